The third kappa shape index (κ3) is 3.14. The minimum atomic E-state index is -1.03. The van der Waals surface area contributed by atoms with Gasteiger partial charge in [-0.15, -0.1) is 0 Å². The summed E-state index contributed by atoms with van der Waals surface area (Å²) in [6.45, 7) is 2.56. The van der Waals surface area contributed by atoms with Gasteiger partial charge in [-0.25, -0.2) is 4.98 Å². The third-order valence-corrected chi connectivity index (χ3v) is 6.89. The summed E-state index contributed by atoms with van der Waals surface area (Å²) >= 11 is 6.47. The van der Waals surface area contributed by atoms with Crippen LogP contribution in [0.25, 0.3) is 0 Å². The molecule has 1 saturated heterocycles. The highest BCUT2D eigenvalue weighted by atomic mass is 35.5. The fourth-order valence-electron chi connectivity index (χ4n) is 5.07. The molecular weight excluding hydrogens is 410 g/mol. The highest BCUT2D eigenvalue weighted by molar-refractivity contribution is 6.31. The lowest BCUT2D eigenvalue weighted by atomic mass is 9.83. The van der Waals surface area contributed by atoms with Crippen molar-refractivity contribution in [2.24, 2.45) is 11.8 Å². The lowest BCUT2D eigenvalue weighted by Gasteiger charge is -2.31. The Kier molecular flexibility index (Phi) is 4.88. The van der Waals surface area contributed by atoms with E-state index in [9.17, 15) is 5.11 Å². The molecule has 2 aliphatic heterocycles. The number of fused-ring (bicyclic) bond motifs is 2. The molecule has 8 nitrogen and oxygen atoms in total. The third-order valence-electron chi connectivity index (χ3n) is 6.54. The molecular formula is C21H24ClN3O5. The Labute approximate surface area is 179 Å². The van der Waals surface area contributed by atoms with Gasteiger partial charge in [0, 0.05) is 42.8 Å². The van der Waals surface area contributed by atoms with Crippen molar-refractivity contribution >= 4 is 11.6 Å². The molecule has 1 N–H and O–H groups in total. The molecule has 0 radical (unpaired) electrons. The number of hydrogen-bond donors (Lipinski definition) is 1. The summed E-state index contributed by atoms with van der Waals surface area (Å²) in [5, 5.41) is 12.3. The van der Waals surface area contributed by atoms with Crippen LogP contribution in [0.1, 0.15) is 24.0 Å². The first-order valence-corrected chi connectivity index (χ1v) is 10.4. The van der Waals surface area contributed by atoms with E-state index in [-0.39, 0.29) is 18.7 Å². The van der Waals surface area contributed by atoms with Crippen molar-refractivity contribution in [1.82, 2.24) is 14.9 Å². The molecule has 1 saturated carbocycles. The zero-order valence-electron chi connectivity index (χ0n) is 16.9. The molecule has 0 spiro atoms. The quantitative estimate of drug-likeness (QED) is 0.770. The average molecular weight is 434 g/mol. The number of aromatic nitrogens is 2. The van der Waals surface area contributed by atoms with Crippen LogP contribution >= 0.6 is 11.6 Å². The maximum absolute atomic E-state index is 11.7. The molecule has 2 aromatic rings. The topological polar surface area (TPSA) is 86.2 Å². The first kappa shape index (κ1) is 19.7. The van der Waals surface area contributed by atoms with Crippen molar-refractivity contribution in [3.63, 3.8) is 0 Å². The summed E-state index contributed by atoms with van der Waals surface area (Å²) < 4.78 is 21.4. The number of hydrogen-bond acceptors (Lipinski definition) is 8. The number of nitrogens with zero attached hydrogens (tertiary/aromatic N) is 3. The lowest BCUT2D eigenvalue weighted by Crippen LogP contribution is -2.35. The van der Waals surface area contributed by atoms with Crippen molar-refractivity contribution in [2.75, 3.05) is 34.1 Å². The number of ether oxygens (including phenoxy) is 4. The summed E-state index contributed by atoms with van der Waals surface area (Å²) in [6.07, 6.45) is 3.22. The Morgan fingerprint density at radius 2 is 2.03 bits per heavy atom. The Morgan fingerprint density at radius 1 is 1.23 bits per heavy atom. The predicted octanol–water partition coefficient (Wildman–Crippen LogP) is 2.61. The highest BCUT2D eigenvalue weighted by Crippen LogP contribution is 2.52. The van der Waals surface area contributed by atoms with Crippen LogP contribution in [0.15, 0.2) is 18.3 Å². The monoisotopic (exact) mass is 433 g/mol. The van der Waals surface area contributed by atoms with Gasteiger partial charge < -0.3 is 24.1 Å². The SMILES string of the molecule is COc1ncc([C@]2(O)CC[C@H]3CN(Cc4cc5c(cc4Cl)OCO5)C[C@H]32)c(OC)n1. The van der Waals surface area contributed by atoms with Gasteiger partial charge in [-0.3, -0.25) is 4.90 Å². The Hall–Kier alpha value is -2.29. The van der Waals surface area contributed by atoms with E-state index in [1.807, 2.05) is 12.1 Å². The van der Waals surface area contributed by atoms with Gasteiger partial charge in [-0.2, -0.15) is 4.98 Å². The number of benzene rings is 1. The van der Waals surface area contributed by atoms with Gasteiger partial charge in [0.15, 0.2) is 11.5 Å². The molecule has 1 aliphatic carbocycles. The van der Waals surface area contributed by atoms with Crippen molar-refractivity contribution in [3.05, 3.63) is 34.5 Å². The van der Waals surface area contributed by atoms with E-state index < -0.39 is 5.60 Å². The zero-order valence-corrected chi connectivity index (χ0v) is 17.7. The summed E-state index contributed by atoms with van der Waals surface area (Å²) in [6, 6.07) is 3.98. The maximum Gasteiger partial charge on any atom is 0.319 e. The van der Waals surface area contributed by atoms with Crippen LogP contribution in [-0.4, -0.2) is 54.1 Å². The van der Waals surface area contributed by atoms with Gasteiger partial charge in [0.1, 0.15) is 5.60 Å². The van der Waals surface area contributed by atoms with E-state index in [0.29, 0.717) is 41.1 Å². The standard InChI is InChI=1S/C21H24ClN3O5/c1-27-19-14(7-23-20(24-19)28-2)21(26)4-3-12-8-25(10-15(12)21)9-13-5-17-18(6-16(13)22)30-11-29-17/h5-7,12,15,26H,3-4,8-11H2,1-2H3/t12-,15+,21+/m0/s1. The minimum Gasteiger partial charge on any atom is -0.481 e. The molecule has 3 atom stereocenters. The van der Waals surface area contributed by atoms with Crippen molar-refractivity contribution in [2.45, 2.75) is 25.0 Å². The molecule has 0 amide bonds. The number of rotatable bonds is 5. The second-order valence-electron chi connectivity index (χ2n) is 8.10. The Morgan fingerprint density at radius 3 is 2.80 bits per heavy atom. The number of aliphatic hydroxyl groups is 1. The van der Waals surface area contributed by atoms with Gasteiger partial charge in [0.2, 0.25) is 12.7 Å². The van der Waals surface area contributed by atoms with E-state index in [2.05, 4.69) is 14.9 Å². The molecule has 1 aromatic carbocycles. The number of likely N-dealkylation sites (tertiary alicyclic amines) is 1. The Bertz CT molecular complexity index is 974. The molecule has 3 heterocycles. The lowest BCUT2D eigenvalue weighted by molar-refractivity contribution is -0.00972. The normalized spacial score (nSPS) is 27.3. The van der Waals surface area contributed by atoms with E-state index in [0.717, 1.165) is 30.8 Å². The number of methoxy groups -OCH3 is 2. The van der Waals surface area contributed by atoms with Crippen LogP contribution in [0.3, 0.4) is 0 Å². The van der Waals surface area contributed by atoms with Crippen LogP contribution in [-0.2, 0) is 12.1 Å². The zero-order chi connectivity index (χ0) is 20.9. The van der Waals surface area contributed by atoms with E-state index in [4.69, 9.17) is 30.5 Å². The highest BCUT2D eigenvalue weighted by Gasteiger charge is 2.54. The van der Waals surface area contributed by atoms with Crippen LogP contribution in [0.5, 0.6) is 23.4 Å². The van der Waals surface area contributed by atoms with Crippen molar-refractivity contribution < 1.29 is 24.1 Å². The molecule has 160 valence electrons. The van der Waals surface area contributed by atoms with Gasteiger partial charge in [-0.1, -0.05) is 11.6 Å². The molecule has 9 heteroatoms. The summed E-state index contributed by atoms with van der Waals surface area (Å²) in [5.74, 6) is 2.22. The summed E-state index contributed by atoms with van der Waals surface area (Å²) in [5.41, 5.74) is 0.589. The fraction of sp³-hybridized carbons (Fsp3) is 0.524. The molecule has 0 bridgehead atoms. The largest absolute Gasteiger partial charge is 0.481 e. The molecule has 3 aliphatic rings. The van der Waals surface area contributed by atoms with E-state index in [1.165, 1.54) is 7.11 Å². The first-order valence-electron chi connectivity index (χ1n) is 10.00. The van der Waals surface area contributed by atoms with Gasteiger partial charge in [-0.05, 0) is 30.4 Å². The first-order chi connectivity index (χ1) is 14.5. The van der Waals surface area contributed by atoms with Crippen LogP contribution in [0.4, 0.5) is 0 Å². The molecule has 1 aromatic heterocycles. The van der Waals surface area contributed by atoms with Crippen LogP contribution in [0.2, 0.25) is 5.02 Å². The second-order valence-corrected chi connectivity index (χ2v) is 8.51. The summed E-state index contributed by atoms with van der Waals surface area (Å²) in [4.78, 5) is 10.8. The predicted molar refractivity (Wildman–Crippen MR) is 108 cm³/mol. The molecule has 2 fully saturated rings. The Balaban J connectivity index is 1.37. The van der Waals surface area contributed by atoms with Gasteiger partial charge in [0.05, 0.1) is 19.8 Å². The van der Waals surface area contributed by atoms with Crippen LogP contribution in [0, 0.1) is 11.8 Å². The summed E-state index contributed by atoms with van der Waals surface area (Å²) in [7, 11) is 3.05. The van der Waals surface area contributed by atoms with Crippen molar-refractivity contribution in [1.29, 1.82) is 0 Å². The minimum absolute atomic E-state index is 0.0659. The number of halogens is 1. The molecule has 0 unspecified atom stereocenters. The smallest absolute Gasteiger partial charge is 0.319 e. The molecule has 30 heavy (non-hydrogen) atoms. The fourth-order valence-corrected chi connectivity index (χ4v) is 5.29. The van der Waals surface area contributed by atoms with Crippen LogP contribution < -0.4 is 18.9 Å². The van der Waals surface area contributed by atoms with Gasteiger partial charge >= 0.3 is 6.01 Å². The molecule has 5 rings (SSSR count). The second kappa shape index (κ2) is 7.44. The van der Waals surface area contributed by atoms with E-state index >= 15 is 0 Å². The van der Waals surface area contributed by atoms with E-state index in [1.54, 1.807) is 13.3 Å². The van der Waals surface area contributed by atoms with Gasteiger partial charge in [0.25, 0.3) is 0 Å². The average Bonchev–Trinajstić information content (AvgIpc) is 3.45. The van der Waals surface area contributed by atoms with Crippen molar-refractivity contribution in [3.8, 4) is 23.4 Å². The maximum atomic E-state index is 11.7.